The number of nitro groups is 2. The van der Waals surface area contributed by atoms with Gasteiger partial charge in [0.1, 0.15) is 0 Å². The van der Waals surface area contributed by atoms with Gasteiger partial charge in [-0.1, -0.05) is 54.6 Å². The van der Waals surface area contributed by atoms with Crippen LogP contribution in [-0.4, -0.2) is 151 Å². The standard InChI is InChI=1S/C45H56N10O5/c1-50-27-31-52(32-28-50)25-11-21-44(54(57)58)19-9-23-46-42(44)48-39-17-7-5-14-36(39)35-13-3-4-15-37(35)41(56)38-16-6-8-18-40(38)49-43-45(55(59)60,20-10-24-47-43)22-12-26-53-33-29-51(2)30-34-53/h3-10,13-20,23-24,42-43,48-49H,11-12,21-22,25-34H2,1-2H3. The summed E-state index contributed by atoms with van der Waals surface area (Å²) in [5.74, 6) is -0.289. The van der Waals surface area contributed by atoms with Gasteiger partial charge in [0.2, 0.25) is 0 Å². The van der Waals surface area contributed by atoms with Crippen LogP contribution in [0.2, 0.25) is 0 Å². The van der Waals surface area contributed by atoms with E-state index in [4.69, 9.17) is 0 Å². The van der Waals surface area contributed by atoms with Gasteiger partial charge >= 0.3 is 0 Å². The van der Waals surface area contributed by atoms with Crippen molar-refractivity contribution >= 4 is 29.6 Å². The predicted molar refractivity (Wildman–Crippen MR) is 238 cm³/mol. The molecule has 4 atom stereocenters. The fourth-order valence-electron chi connectivity index (χ4n) is 8.72. The molecule has 4 aliphatic heterocycles. The SMILES string of the molecule is CN1CCN(CCCC2([N+](=O)[O-])C=CC=NC2Nc2ccccc2C(=O)c2ccccc2-c2ccccc2NC2N=CC=CC2(CCCN2CCN(C)CC2)[N+](=O)[O-])CC1. The molecule has 0 bridgehead atoms. The van der Waals surface area contributed by atoms with E-state index in [1.165, 1.54) is 0 Å². The maximum absolute atomic E-state index is 14.7. The van der Waals surface area contributed by atoms with Gasteiger partial charge in [-0.25, -0.2) is 0 Å². The molecule has 60 heavy (non-hydrogen) atoms. The van der Waals surface area contributed by atoms with Crippen LogP contribution in [-0.2, 0) is 0 Å². The molecule has 4 unspecified atom stereocenters. The smallest absolute Gasteiger partial charge is 0.280 e. The van der Waals surface area contributed by atoms with E-state index >= 15 is 0 Å². The van der Waals surface area contributed by atoms with Crippen molar-refractivity contribution in [3.8, 4) is 11.1 Å². The van der Waals surface area contributed by atoms with E-state index in [-0.39, 0.29) is 22.1 Å². The number of carbonyl (C=O) groups excluding carboxylic acids is 1. The van der Waals surface area contributed by atoms with Gasteiger partial charge < -0.3 is 30.2 Å². The van der Waals surface area contributed by atoms with Crippen LogP contribution in [0.3, 0.4) is 0 Å². The van der Waals surface area contributed by atoms with E-state index in [1.54, 1.807) is 73.1 Å². The Morgan fingerprint density at radius 3 is 1.58 bits per heavy atom. The molecular weight excluding hydrogens is 761 g/mol. The fourth-order valence-corrected chi connectivity index (χ4v) is 8.72. The molecule has 0 spiro atoms. The average molecular weight is 817 g/mol. The minimum Gasteiger partial charge on any atom is -0.357 e. The van der Waals surface area contributed by atoms with E-state index in [2.05, 4.69) is 54.3 Å². The zero-order valence-electron chi connectivity index (χ0n) is 34.6. The van der Waals surface area contributed by atoms with Crippen molar-refractivity contribution in [3.63, 3.8) is 0 Å². The monoisotopic (exact) mass is 816 g/mol. The highest BCUT2D eigenvalue weighted by Crippen LogP contribution is 2.37. The van der Waals surface area contributed by atoms with Crippen LogP contribution in [0.15, 0.2) is 107 Å². The lowest BCUT2D eigenvalue weighted by Gasteiger charge is -2.34. The predicted octanol–water partition coefficient (Wildman–Crippen LogP) is 5.43. The minimum absolute atomic E-state index is 0.223. The Balaban J connectivity index is 1.12. The third-order valence-corrected chi connectivity index (χ3v) is 12.5. The van der Waals surface area contributed by atoms with Gasteiger partial charge in [-0.2, -0.15) is 0 Å². The maximum atomic E-state index is 14.7. The van der Waals surface area contributed by atoms with Gasteiger partial charge in [-0.05, 0) is 88.1 Å². The quantitative estimate of drug-likeness (QED) is 0.101. The highest BCUT2D eigenvalue weighted by atomic mass is 16.6. The lowest BCUT2D eigenvalue weighted by Crippen LogP contribution is -2.52. The number of ketones is 1. The number of benzene rings is 3. The highest BCUT2D eigenvalue weighted by Gasteiger charge is 2.50. The second kappa shape index (κ2) is 19.2. The summed E-state index contributed by atoms with van der Waals surface area (Å²) in [5.41, 5.74) is 0.0882. The van der Waals surface area contributed by atoms with Gasteiger partial charge in [-0.15, -0.1) is 0 Å². The van der Waals surface area contributed by atoms with Crippen LogP contribution in [0.25, 0.3) is 11.1 Å². The average Bonchev–Trinajstić information content (AvgIpc) is 3.26. The minimum atomic E-state index is -1.51. The molecule has 7 rings (SSSR count). The van der Waals surface area contributed by atoms with Crippen LogP contribution in [0, 0.1) is 20.2 Å². The Morgan fingerprint density at radius 1 is 0.633 bits per heavy atom. The number of allylic oxidation sites excluding steroid dienone is 2. The first-order valence-electron chi connectivity index (χ1n) is 21.0. The summed E-state index contributed by atoms with van der Waals surface area (Å²) in [6.07, 6.45) is 9.70. The number of hydrogen-bond donors (Lipinski definition) is 2. The van der Waals surface area contributed by atoms with Crippen molar-refractivity contribution in [2.45, 2.75) is 49.1 Å². The van der Waals surface area contributed by atoms with Crippen LogP contribution >= 0.6 is 0 Å². The fraction of sp³-hybridized carbons (Fsp3) is 0.444. The first-order valence-corrected chi connectivity index (χ1v) is 21.0. The Bertz CT molecular complexity index is 2130. The van der Waals surface area contributed by atoms with E-state index in [9.17, 15) is 25.0 Å². The lowest BCUT2D eigenvalue weighted by molar-refractivity contribution is -0.559. The number of rotatable bonds is 17. The van der Waals surface area contributed by atoms with Gasteiger partial charge in [0, 0.05) is 116 Å². The third-order valence-electron chi connectivity index (χ3n) is 12.5. The van der Waals surface area contributed by atoms with Gasteiger partial charge in [-0.3, -0.25) is 35.0 Å². The zero-order chi connectivity index (χ0) is 42.1. The Morgan fingerprint density at radius 2 is 1.07 bits per heavy atom. The van der Waals surface area contributed by atoms with Crippen molar-refractivity contribution in [1.29, 1.82) is 0 Å². The number of piperazine rings is 2. The normalized spacial score (nSPS) is 25.0. The van der Waals surface area contributed by atoms with Gasteiger partial charge in [0.25, 0.3) is 11.1 Å². The van der Waals surface area contributed by atoms with Gasteiger partial charge in [0.05, 0.1) is 0 Å². The summed E-state index contributed by atoms with van der Waals surface area (Å²) in [5, 5.41) is 32.6. The van der Waals surface area contributed by atoms with E-state index in [0.29, 0.717) is 52.9 Å². The second-order valence-electron chi connectivity index (χ2n) is 16.4. The molecule has 3 aromatic rings. The van der Waals surface area contributed by atoms with E-state index in [0.717, 1.165) is 65.4 Å². The lowest BCUT2D eigenvalue weighted by atomic mass is 9.87. The van der Waals surface area contributed by atoms with Crippen LogP contribution in [0.5, 0.6) is 0 Å². The largest absolute Gasteiger partial charge is 0.357 e. The number of aliphatic imine (C=N–C) groups is 2. The molecule has 0 aliphatic carbocycles. The maximum Gasteiger partial charge on any atom is 0.280 e. The molecule has 2 N–H and O–H groups in total. The van der Waals surface area contributed by atoms with Crippen molar-refractivity contribution in [2.24, 2.45) is 9.98 Å². The molecular formula is C45H56N10O5. The number of hydrogen-bond acceptors (Lipinski definition) is 13. The molecule has 15 nitrogen and oxygen atoms in total. The van der Waals surface area contributed by atoms with Crippen LogP contribution < -0.4 is 10.6 Å². The first kappa shape index (κ1) is 42.5. The molecule has 0 amide bonds. The van der Waals surface area contributed by atoms with Crippen molar-refractivity contribution in [2.75, 3.05) is 90.2 Å². The molecule has 0 radical (unpaired) electrons. The van der Waals surface area contributed by atoms with Crippen molar-refractivity contribution in [3.05, 3.63) is 128 Å². The van der Waals surface area contributed by atoms with Crippen LogP contribution in [0.4, 0.5) is 11.4 Å². The Kier molecular flexibility index (Phi) is 13.6. The molecule has 0 aromatic heterocycles. The molecule has 4 heterocycles. The molecule has 4 aliphatic rings. The number of nitrogens with zero attached hydrogens (tertiary/aromatic N) is 8. The second-order valence-corrected chi connectivity index (χ2v) is 16.4. The Hall–Kier alpha value is -5.61. The van der Waals surface area contributed by atoms with Crippen molar-refractivity contribution in [1.82, 2.24) is 19.6 Å². The number of likely N-dealkylation sites (N-methyl/N-ethyl adjacent to an activating group) is 2. The summed E-state index contributed by atoms with van der Waals surface area (Å²) in [6, 6.07) is 21.8. The summed E-state index contributed by atoms with van der Waals surface area (Å²) < 4.78 is 0. The summed E-state index contributed by atoms with van der Waals surface area (Å²) >= 11 is 0. The van der Waals surface area contributed by atoms with E-state index in [1.807, 2.05) is 36.4 Å². The molecule has 316 valence electrons. The highest BCUT2D eigenvalue weighted by molar-refractivity contribution is 6.16. The molecule has 3 aromatic carbocycles. The third kappa shape index (κ3) is 9.39. The molecule has 0 saturated carbocycles. The molecule has 2 saturated heterocycles. The first-order chi connectivity index (χ1) is 29.1. The number of para-hydroxylation sites is 2. The zero-order valence-corrected chi connectivity index (χ0v) is 34.6. The number of dihydropyridines is 2. The number of nitrogens with one attached hydrogen (secondary N) is 2. The van der Waals surface area contributed by atoms with Crippen molar-refractivity contribution < 1.29 is 14.6 Å². The molecule has 15 heteroatoms. The topological polar surface area (TPSA) is 165 Å². The summed E-state index contributed by atoms with van der Waals surface area (Å²) in [4.78, 5) is 58.6. The Labute approximate surface area is 351 Å². The summed E-state index contributed by atoms with van der Waals surface area (Å²) in [7, 11) is 4.21. The molecule has 2 fully saturated rings. The van der Waals surface area contributed by atoms with E-state index < -0.39 is 23.4 Å². The summed E-state index contributed by atoms with van der Waals surface area (Å²) in [6.45, 7) is 9.14. The van der Waals surface area contributed by atoms with Gasteiger partial charge in [0.15, 0.2) is 18.1 Å². The number of anilines is 2. The number of carbonyl (C=O) groups is 1. The van der Waals surface area contributed by atoms with Crippen LogP contribution in [0.1, 0.15) is 41.6 Å².